The fraction of sp³-hybridized carbons (Fsp3) is 0. The lowest BCUT2D eigenvalue weighted by atomic mass is 10.2. The van der Waals surface area contributed by atoms with E-state index in [4.69, 9.17) is 34.2 Å². The molecule has 0 atom stereocenters. The first kappa shape index (κ1) is 12.8. The molecule has 1 heterocycles. The van der Waals surface area contributed by atoms with E-state index in [1.165, 1.54) is 0 Å². The lowest BCUT2D eigenvalue weighted by molar-refractivity contribution is 1.11. The highest BCUT2D eigenvalue weighted by molar-refractivity contribution is 6.38. The molecule has 0 saturated heterocycles. The number of nitrogens with zero attached hydrogens (tertiary/aromatic N) is 3. The van der Waals surface area contributed by atoms with Crippen molar-refractivity contribution in [2.45, 2.75) is 0 Å². The zero-order valence-corrected chi connectivity index (χ0v) is 11.7. The average molecular weight is 303 g/mol. The minimum Gasteiger partial charge on any atom is -0.369 e. The van der Waals surface area contributed by atoms with Gasteiger partial charge in [-0.2, -0.15) is 5.26 Å². The van der Waals surface area contributed by atoms with Gasteiger partial charge in [0.25, 0.3) is 0 Å². The second-order valence-corrected chi connectivity index (χ2v) is 5.01. The average Bonchev–Trinajstić information content (AvgIpc) is 2.74. The van der Waals surface area contributed by atoms with E-state index in [1.807, 2.05) is 0 Å². The maximum Gasteiger partial charge on any atom is 0.206 e. The summed E-state index contributed by atoms with van der Waals surface area (Å²) in [6.07, 6.45) is 0. The van der Waals surface area contributed by atoms with Crippen LogP contribution in [0.25, 0.3) is 16.7 Å². The summed E-state index contributed by atoms with van der Waals surface area (Å²) in [5, 5.41) is 9.94. The van der Waals surface area contributed by atoms with Gasteiger partial charge in [0.1, 0.15) is 0 Å². The molecular weight excluding hydrogens is 295 g/mol. The van der Waals surface area contributed by atoms with Crippen LogP contribution in [0, 0.1) is 11.3 Å². The van der Waals surface area contributed by atoms with Crippen molar-refractivity contribution in [1.29, 1.82) is 5.26 Å². The van der Waals surface area contributed by atoms with E-state index in [-0.39, 0.29) is 5.95 Å². The number of fused-ring (bicyclic) bond motifs is 1. The minimum absolute atomic E-state index is 0.269. The highest BCUT2D eigenvalue weighted by Crippen LogP contribution is 2.33. The Labute approximate surface area is 125 Å². The molecule has 0 spiro atoms. The number of nitrogens with two attached hydrogens (primary N) is 1. The maximum absolute atomic E-state index is 9.01. The van der Waals surface area contributed by atoms with Gasteiger partial charge in [0.05, 0.1) is 38.4 Å². The van der Waals surface area contributed by atoms with E-state index in [0.717, 1.165) is 0 Å². The van der Waals surface area contributed by atoms with Crippen molar-refractivity contribution in [2.75, 3.05) is 5.73 Å². The maximum atomic E-state index is 9.01. The molecule has 0 radical (unpaired) electrons. The molecule has 1 aromatic heterocycles. The van der Waals surface area contributed by atoms with Crippen LogP contribution in [0.1, 0.15) is 5.56 Å². The number of hydrogen-bond donors (Lipinski definition) is 1. The number of aromatic nitrogens is 2. The summed E-state index contributed by atoms with van der Waals surface area (Å²) >= 11 is 12.4. The van der Waals surface area contributed by atoms with Crippen molar-refractivity contribution in [3.8, 4) is 11.8 Å². The predicted octanol–water partition coefficient (Wildman–Crippen LogP) is 3.79. The van der Waals surface area contributed by atoms with E-state index < -0.39 is 0 Å². The molecule has 0 aliphatic heterocycles. The summed E-state index contributed by atoms with van der Waals surface area (Å²) in [6, 6.07) is 12.4. The Morgan fingerprint density at radius 2 is 1.85 bits per heavy atom. The summed E-state index contributed by atoms with van der Waals surface area (Å²) in [6.45, 7) is 0. The number of para-hydroxylation sites is 1. The molecule has 3 rings (SSSR count). The van der Waals surface area contributed by atoms with Gasteiger partial charge >= 0.3 is 0 Å². The summed E-state index contributed by atoms with van der Waals surface area (Å²) in [5.41, 5.74) is 8.41. The van der Waals surface area contributed by atoms with Gasteiger partial charge in [0.15, 0.2) is 0 Å². The number of nitriles is 1. The fourth-order valence-electron chi connectivity index (χ4n) is 2.10. The number of rotatable bonds is 1. The number of benzene rings is 2. The van der Waals surface area contributed by atoms with Crippen LogP contribution in [0.3, 0.4) is 0 Å². The third-order valence-electron chi connectivity index (χ3n) is 2.97. The van der Waals surface area contributed by atoms with Gasteiger partial charge < -0.3 is 5.73 Å². The second-order valence-electron chi connectivity index (χ2n) is 4.19. The van der Waals surface area contributed by atoms with Crippen molar-refractivity contribution in [1.82, 2.24) is 9.55 Å². The predicted molar refractivity (Wildman–Crippen MR) is 80.2 cm³/mol. The van der Waals surface area contributed by atoms with Crippen LogP contribution in [-0.2, 0) is 0 Å². The molecule has 0 amide bonds. The largest absolute Gasteiger partial charge is 0.369 e. The van der Waals surface area contributed by atoms with E-state index in [0.29, 0.717) is 32.3 Å². The van der Waals surface area contributed by atoms with Crippen LogP contribution in [0.4, 0.5) is 5.95 Å². The van der Waals surface area contributed by atoms with Gasteiger partial charge in [0.2, 0.25) is 5.95 Å². The van der Waals surface area contributed by atoms with Crippen molar-refractivity contribution < 1.29 is 0 Å². The van der Waals surface area contributed by atoms with Crippen molar-refractivity contribution in [3.05, 3.63) is 52.0 Å². The van der Waals surface area contributed by atoms with Crippen LogP contribution in [0.5, 0.6) is 0 Å². The first-order chi connectivity index (χ1) is 9.61. The summed E-state index contributed by atoms with van der Waals surface area (Å²) < 4.78 is 1.65. The number of imidazole rings is 1. The Morgan fingerprint density at radius 1 is 1.15 bits per heavy atom. The smallest absolute Gasteiger partial charge is 0.206 e. The fourth-order valence-corrected chi connectivity index (χ4v) is 2.67. The lowest BCUT2D eigenvalue weighted by Gasteiger charge is -2.10. The number of nitrogen functional groups attached to an aromatic ring is 1. The molecule has 6 heteroatoms. The number of hydrogen-bond acceptors (Lipinski definition) is 3. The van der Waals surface area contributed by atoms with Crippen molar-refractivity contribution >= 4 is 40.2 Å². The molecule has 0 saturated carbocycles. The Balaban J connectivity index is 2.42. The zero-order valence-electron chi connectivity index (χ0n) is 10.1. The van der Waals surface area contributed by atoms with Crippen LogP contribution in [0.2, 0.25) is 10.0 Å². The molecule has 4 nitrogen and oxygen atoms in total. The number of anilines is 1. The van der Waals surface area contributed by atoms with Crippen molar-refractivity contribution in [2.24, 2.45) is 0 Å². The van der Waals surface area contributed by atoms with E-state index in [2.05, 4.69) is 11.1 Å². The van der Waals surface area contributed by atoms with Gasteiger partial charge in [-0.05, 0) is 30.3 Å². The molecule has 3 aromatic rings. The summed E-state index contributed by atoms with van der Waals surface area (Å²) in [4.78, 5) is 4.26. The van der Waals surface area contributed by atoms with Crippen LogP contribution < -0.4 is 5.73 Å². The molecule has 0 aliphatic carbocycles. The standard InChI is InChI=1S/C14H8Cl2N4/c15-9-2-1-3-10(16)13(9)20-12-6-8(7-17)4-5-11(12)19-14(20)18/h1-6H,(H2,18,19). The first-order valence-electron chi connectivity index (χ1n) is 5.74. The molecule has 0 unspecified atom stereocenters. The Hall–Kier alpha value is -2.22. The quantitative estimate of drug-likeness (QED) is 0.743. The summed E-state index contributed by atoms with van der Waals surface area (Å²) in [5.74, 6) is 0.269. The SMILES string of the molecule is N#Cc1ccc2nc(N)n(-c3c(Cl)cccc3Cl)c2c1. The van der Waals surface area contributed by atoms with Crippen LogP contribution in [-0.4, -0.2) is 9.55 Å². The molecule has 98 valence electrons. The topological polar surface area (TPSA) is 67.6 Å². The third-order valence-corrected chi connectivity index (χ3v) is 3.58. The molecule has 2 N–H and O–H groups in total. The monoisotopic (exact) mass is 302 g/mol. The highest BCUT2D eigenvalue weighted by atomic mass is 35.5. The third kappa shape index (κ3) is 1.88. The minimum atomic E-state index is 0.269. The van der Waals surface area contributed by atoms with E-state index in [1.54, 1.807) is 41.0 Å². The van der Waals surface area contributed by atoms with Gasteiger partial charge in [-0.1, -0.05) is 29.3 Å². The van der Waals surface area contributed by atoms with Crippen molar-refractivity contribution in [3.63, 3.8) is 0 Å². The molecule has 0 aliphatic rings. The molecule has 20 heavy (non-hydrogen) atoms. The van der Waals surface area contributed by atoms with Crippen LogP contribution >= 0.6 is 23.2 Å². The lowest BCUT2D eigenvalue weighted by Crippen LogP contribution is -2.02. The Kier molecular flexibility index (Phi) is 3.01. The Bertz CT molecular complexity index is 841. The van der Waals surface area contributed by atoms with Gasteiger partial charge in [0, 0.05) is 0 Å². The van der Waals surface area contributed by atoms with Gasteiger partial charge in [-0.3, -0.25) is 4.57 Å². The second kappa shape index (κ2) is 4.71. The van der Waals surface area contributed by atoms with Gasteiger partial charge in [-0.25, -0.2) is 4.98 Å². The summed E-state index contributed by atoms with van der Waals surface area (Å²) in [7, 11) is 0. The normalized spacial score (nSPS) is 10.7. The molecule has 0 bridgehead atoms. The number of halogens is 2. The van der Waals surface area contributed by atoms with E-state index >= 15 is 0 Å². The highest BCUT2D eigenvalue weighted by Gasteiger charge is 2.15. The van der Waals surface area contributed by atoms with E-state index in [9.17, 15) is 0 Å². The molecule has 2 aromatic carbocycles. The first-order valence-corrected chi connectivity index (χ1v) is 6.50. The van der Waals surface area contributed by atoms with Crippen LogP contribution in [0.15, 0.2) is 36.4 Å². The molecule has 0 fully saturated rings. The Morgan fingerprint density at radius 3 is 2.50 bits per heavy atom. The van der Waals surface area contributed by atoms with Gasteiger partial charge in [-0.15, -0.1) is 0 Å². The zero-order chi connectivity index (χ0) is 14.3. The molecular formula is C14H8Cl2N4.